The summed E-state index contributed by atoms with van der Waals surface area (Å²) in [5, 5.41) is 11.2. The van der Waals surface area contributed by atoms with Gasteiger partial charge in [-0.3, -0.25) is 0 Å². The average Bonchev–Trinajstić information content (AvgIpc) is 3.07. The quantitative estimate of drug-likeness (QED) is 0.748. The molecule has 0 spiro atoms. The third-order valence-electron chi connectivity index (χ3n) is 3.37. The van der Waals surface area contributed by atoms with Gasteiger partial charge < -0.3 is 9.90 Å². The van der Waals surface area contributed by atoms with Crippen molar-refractivity contribution in [3.63, 3.8) is 0 Å². The van der Waals surface area contributed by atoms with Gasteiger partial charge in [-0.2, -0.15) is 0 Å². The summed E-state index contributed by atoms with van der Waals surface area (Å²) in [5.41, 5.74) is 2.53. The van der Waals surface area contributed by atoms with Gasteiger partial charge in [-0.25, -0.2) is 0 Å². The average molecular weight is 201 g/mol. The molecule has 2 saturated carbocycles. The van der Waals surface area contributed by atoms with E-state index in [0.29, 0.717) is 17.4 Å². The Morgan fingerprint density at radius 1 is 1.07 bits per heavy atom. The van der Waals surface area contributed by atoms with Crippen LogP contribution in [0.15, 0.2) is 18.2 Å². The van der Waals surface area contributed by atoms with E-state index in [-0.39, 0.29) is 0 Å². The van der Waals surface area contributed by atoms with E-state index in [1.54, 1.807) is 0 Å². The van der Waals surface area contributed by atoms with E-state index < -0.39 is 5.97 Å². The minimum atomic E-state index is -0.987. The van der Waals surface area contributed by atoms with Gasteiger partial charge in [0.1, 0.15) is 0 Å². The number of rotatable bonds is 3. The van der Waals surface area contributed by atoms with Crippen molar-refractivity contribution in [1.29, 1.82) is 0 Å². The maximum atomic E-state index is 11.2. The Morgan fingerprint density at radius 2 is 1.53 bits per heavy atom. The Bertz CT molecular complexity index is 384. The summed E-state index contributed by atoms with van der Waals surface area (Å²) in [6.45, 7) is 0. The first kappa shape index (κ1) is 8.96. The van der Waals surface area contributed by atoms with Crippen LogP contribution in [0.4, 0.5) is 0 Å². The highest BCUT2D eigenvalue weighted by Gasteiger charge is 2.31. The molecule has 0 aromatic heterocycles. The van der Waals surface area contributed by atoms with Crippen molar-refractivity contribution in [3.8, 4) is 0 Å². The number of hydrogen-bond donors (Lipinski definition) is 0. The molecule has 0 aliphatic heterocycles. The zero-order valence-corrected chi connectivity index (χ0v) is 8.53. The van der Waals surface area contributed by atoms with Crippen molar-refractivity contribution in [1.82, 2.24) is 0 Å². The molecule has 3 rings (SSSR count). The lowest BCUT2D eigenvalue weighted by Gasteiger charge is -2.14. The molecule has 2 nitrogen and oxygen atoms in total. The fourth-order valence-electron chi connectivity index (χ4n) is 2.29. The van der Waals surface area contributed by atoms with E-state index in [1.807, 2.05) is 18.2 Å². The van der Waals surface area contributed by atoms with E-state index in [4.69, 9.17) is 0 Å². The zero-order chi connectivity index (χ0) is 10.4. The van der Waals surface area contributed by atoms with Gasteiger partial charge >= 0.3 is 0 Å². The van der Waals surface area contributed by atoms with Crippen LogP contribution in [0.25, 0.3) is 0 Å². The summed E-state index contributed by atoms with van der Waals surface area (Å²) in [6, 6.07) is 5.90. The third-order valence-corrected chi connectivity index (χ3v) is 3.37. The third kappa shape index (κ3) is 1.54. The summed E-state index contributed by atoms with van der Waals surface area (Å²) in [6.07, 6.45) is 4.53. The highest BCUT2D eigenvalue weighted by atomic mass is 16.4. The number of aromatic carboxylic acids is 1. The van der Waals surface area contributed by atoms with Gasteiger partial charge in [0.2, 0.25) is 0 Å². The van der Waals surface area contributed by atoms with Crippen molar-refractivity contribution in [3.05, 3.63) is 34.9 Å². The molecule has 1 aromatic carbocycles. The smallest absolute Gasteiger partial charge is 0.0721 e. The minimum Gasteiger partial charge on any atom is -0.545 e. The van der Waals surface area contributed by atoms with Crippen molar-refractivity contribution < 1.29 is 9.90 Å². The molecule has 1 aromatic rings. The van der Waals surface area contributed by atoms with Crippen LogP contribution in [0.2, 0.25) is 0 Å². The summed E-state index contributed by atoms with van der Waals surface area (Å²) in [4.78, 5) is 11.2. The molecule has 0 saturated heterocycles. The van der Waals surface area contributed by atoms with Gasteiger partial charge in [-0.15, -0.1) is 0 Å². The van der Waals surface area contributed by atoms with Crippen LogP contribution in [0.1, 0.15) is 59.0 Å². The zero-order valence-electron chi connectivity index (χ0n) is 8.53. The Balaban J connectivity index is 2.12. The molecule has 2 heteroatoms. The predicted molar refractivity (Wildman–Crippen MR) is 54.7 cm³/mol. The van der Waals surface area contributed by atoms with E-state index in [0.717, 1.165) is 36.8 Å². The summed E-state index contributed by atoms with van der Waals surface area (Å²) in [7, 11) is 0. The molecule has 0 radical (unpaired) electrons. The second-order valence-corrected chi connectivity index (χ2v) is 4.65. The molecule has 0 bridgehead atoms. The second-order valence-electron chi connectivity index (χ2n) is 4.65. The standard InChI is InChI=1S/C13H14O2/c14-13(15)12-10(8-4-5-8)2-1-3-11(12)9-6-7-9/h1-3,8-9H,4-7H2,(H,14,15)/p-1. The second kappa shape index (κ2) is 3.09. The lowest BCUT2D eigenvalue weighted by atomic mass is 9.95. The predicted octanol–water partition coefficient (Wildman–Crippen LogP) is 1.80. The van der Waals surface area contributed by atoms with Crippen LogP contribution in [0, 0.1) is 0 Å². The highest BCUT2D eigenvalue weighted by molar-refractivity contribution is 5.90. The summed E-state index contributed by atoms with van der Waals surface area (Å²) >= 11 is 0. The van der Waals surface area contributed by atoms with E-state index in [2.05, 4.69) is 0 Å². The van der Waals surface area contributed by atoms with Crippen LogP contribution < -0.4 is 5.11 Å². The fourth-order valence-corrected chi connectivity index (χ4v) is 2.29. The van der Waals surface area contributed by atoms with Crippen LogP contribution in [0.5, 0.6) is 0 Å². The van der Waals surface area contributed by atoms with E-state index in [1.165, 1.54) is 0 Å². The lowest BCUT2D eigenvalue weighted by molar-refractivity contribution is -0.255. The lowest BCUT2D eigenvalue weighted by Crippen LogP contribution is -2.25. The van der Waals surface area contributed by atoms with Gasteiger partial charge in [0.15, 0.2) is 0 Å². The topological polar surface area (TPSA) is 40.1 Å². The number of carboxylic acid groups (broad SMARTS) is 1. The highest BCUT2D eigenvalue weighted by Crippen LogP contribution is 2.47. The number of hydrogen-bond acceptors (Lipinski definition) is 2. The largest absolute Gasteiger partial charge is 0.545 e. The molecule has 0 amide bonds. The molecule has 2 aliphatic carbocycles. The van der Waals surface area contributed by atoms with Crippen molar-refractivity contribution in [2.45, 2.75) is 37.5 Å². The molecular weight excluding hydrogens is 188 g/mol. The molecular formula is C13H13O2-. The molecule has 0 N–H and O–H groups in total. The Kier molecular flexibility index (Phi) is 1.84. The molecule has 78 valence electrons. The molecule has 2 fully saturated rings. The minimum absolute atomic E-state index is 0.483. The Hall–Kier alpha value is -1.31. The maximum absolute atomic E-state index is 11.2. The number of benzene rings is 1. The summed E-state index contributed by atoms with van der Waals surface area (Å²) in [5.74, 6) is -0.0207. The first-order valence-corrected chi connectivity index (χ1v) is 5.61. The molecule has 2 aliphatic rings. The van der Waals surface area contributed by atoms with Crippen LogP contribution in [0.3, 0.4) is 0 Å². The van der Waals surface area contributed by atoms with E-state index >= 15 is 0 Å². The summed E-state index contributed by atoms with van der Waals surface area (Å²) < 4.78 is 0. The van der Waals surface area contributed by atoms with Gasteiger partial charge in [-0.1, -0.05) is 18.2 Å². The van der Waals surface area contributed by atoms with Gasteiger partial charge in [0.05, 0.1) is 5.97 Å². The van der Waals surface area contributed by atoms with Gasteiger partial charge in [-0.05, 0) is 48.6 Å². The van der Waals surface area contributed by atoms with Gasteiger partial charge in [0.25, 0.3) is 0 Å². The van der Waals surface area contributed by atoms with Crippen molar-refractivity contribution >= 4 is 5.97 Å². The number of carboxylic acids is 1. The van der Waals surface area contributed by atoms with E-state index in [9.17, 15) is 9.90 Å². The van der Waals surface area contributed by atoms with Crippen molar-refractivity contribution in [2.24, 2.45) is 0 Å². The maximum Gasteiger partial charge on any atom is 0.0721 e. The normalized spacial score (nSPS) is 20.3. The first-order valence-electron chi connectivity index (χ1n) is 5.61. The Morgan fingerprint density at radius 3 is 1.87 bits per heavy atom. The number of carbonyl (C=O) groups excluding carboxylic acids is 1. The molecule has 0 unspecified atom stereocenters. The monoisotopic (exact) mass is 201 g/mol. The van der Waals surface area contributed by atoms with Crippen LogP contribution >= 0.6 is 0 Å². The SMILES string of the molecule is O=C([O-])c1c(C2CC2)cccc1C1CC1. The van der Waals surface area contributed by atoms with Gasteiger partial charge in [0, 0.05) is 5.56 Å². The fraction of sp³-hybridized carbons (Fsp3) is 0.462. The molecule has 0 atom stereocenters. The Labute approximate surface area is 88.9 Å². The molecule has 15 heavy (non-hydrogen) atoms. The first-order chi connectivity index (χ1) is 7.27. The molecule has 0 heterocycles. The van der Waals surface area contributed by atoms with Crippen LogP contribution in [-0.2, 0) is 0 Å². The number of carbonyl (C=O) groups is 1. The van der Waals surface area contributed by atoms with Crippen molar-refractivity contribution in [2.75, 3.05) is 0 Å². The van der Waals surface area contributed by atoms with Crippen LogP contribution in [-0.4, -0.2) is 5.97 Å².